The Morgan fingerprint density at radius 3 is 2.70 bits per heavy atom. The summed E-state index contributed by atoms with van der Waals surface area (Å²) in [5.41, 5.74) is 0.942. The predicted molar refractivity (Wildman–Crippen MR) is 84.4 cm³/mol. The summed E-state index contributed by atoms with van der Waals surface area (Å²) in [4.78, 5) is 6.61. The molecule has 3 aromatic rings. The van der Waals surface area contributed by atoms with Crippen molar-refractivity contribution in [2.45, 2.75) is 13.1 Å². The van der Waals surface area contributed by atoms with Gasteiger partial charge in [-0.25, -0.2) is 0 Å². The Labute approximate surface area is 134 Å². The summed E-state index contributed by atoms with van der Waals surface area (Å²) < 4.78 is 15.9. The van der Waals surface area contributed by atoms with Gasteiger partial charge in [0.25, 0.3) is 0 Å². The quantitative estimate of drug-likeness (QED) is 0.637. The van der Waals surface area contributed by atoms with Gasteiger partial charge in [0.05, 0.1) is 26.0 Å². The molecule has 2 heterocycles. The molecular formula is C17H19N3O3. The monoisotopic (exact) mass is 313 g/mol. The second-order valence-corrected chi connectivity index (χ2v) is 5.16. The first-order valence-corrected chi connectivity index (χ1v) is 7.47. The molecule has 0 fully saturated rings. The van der Waals surface area contributed by atoms with E-state index in [1.165, 1.54) is 0 Å². The van der Waals surface area contributed by atoms with Crippen LogP contribution in [0.3, 0.4) is 0 Å². The largest absolute Gasteiger partial charge is 0.468 e. The molecule has 0 amide bonds. The number of hydrogen-bond acceptors (Lipinski definition) is 6. The molecule has 2 aromatic heterocycles. The minimum atomic E-state index is 0.546. The number of methoxy groups -OCH3 is 1. The summed E-state index contributed by atoms with van der Waals surface area (Å²) >= 11 is 0. The first-order valence-electron chi connectivity index (χ1n) is 7.47. The highest BCUT2D eigenvalue weighted by atomic mass is 16.5. The highest BCUT2D eigenvalue weighted by Gasteiger charge is 2.14. The molecule has 3 rings (SSSR count). The van der Waals surface area contributed by atoms with Crippen LogP contribution in [0.1, 0.15) is 11.7 Å². The lowest BCUT2D eigenvalue weighted by Gasteiger charge is -2.18. The molecule has 6 nitrogen and oxygen atoms in total. The van der Waals surface area contributed by atoms with Crippen LogP contribution in [0.5, 0.6) is 0 Å². The lowest BCUT2D eigenvalue weighted by atomic mass is 10.2. The molecule has 0 aliphatic carbocycles. The van der Waals surface area contributed by atoms with E-state index in [0.29, 0.717) is 31.4 Å². The van der Waals surface area contributed by atoms with Gasteiger partial charge in [0, 0.05) is 19.2 Å². The van der Waals surface area contributed by atoms with Crippen LogP contribution in [0.4, 0.5) is 0 Å². The third kappa shape index (κ3) is 4.28. The number of ether oxygens (including phenoxy) is 1. The third-order valence-electron chi connectivity index (χ3n) is 3.43. The van der Waals surface area contributed by atoms with Crippen LogP contribution in [-0.2, 0) is 17.8 Å². The van der Waals surface area contributed by atoms with Gasteiger partial charge in [-0.05, 0) is 12.1 Å². The molecule has 1 aromatic carbocycles. The van der Waals surface area contributed by atoms with Crippen LogP contribution in [0, 0.1) is 0 Å². The van der Waals surface area contributed by atoms with Gasteiger partial charge in [0.2, 0.25) is 11.7 Å². The van der Waals surface area contributed by atoms with Crippen molar-refractivity contribution in [2.75, 3.05) is 20.3 Å². The summed E-state index contributed by atoms with van der Waals surface area (Å²) in [5, 5.41) is 4.05. The molecule has 0 spiro atoms. The van der Waals surface area contributed by atoms with Gasteiger partial charge >= 0.3 is 0 Å². The van der Waals surface area contributed by atoms with E-state index in [4.69, 9.17) is 13.7 Å². The first-order chi connectivity index (χ1) is 11.3. The maximum atomic E-state index is 5.41. The normalized spacial score (nSPS) is 11.2. The molecule has 0 bridgehead atoms. The van der Waals surface area contributed by atoms with Crippen molar-refractivity contribution in [1.82, 2.24) is 15.0 Å². The van der Waals surface area contributed by atoms with Crippen molar-refractivity contribution in [3.63, 3.8) is 0 Å². The van der Waals surface area contributed by atoms with Crippen molar-refractivity contribution >= 4 is 0 Å². The Hall–Kier alpha value is -2.44. The molecule has 0 aliphatic rings. The highest BCUT2D eigenvalue weighted by molar-refractivity contribution is 5.53. The Kier molecular flexibility index (Phi) is 5.18. The molecule has 0 radical (unpaired) electrons. The summed E-state index contributed by atoms with van der Waals surface area (Å²) in [5.74, 6) is 2.07. The minimum Gasteiger partial charge on any atom is -0.468 e. The number of rotatable bonds is 8. The first kappa shape index (κ1) is 15.5. The molecule has 6 heteroatoms. The van der Waals surface area contributed by atoms with Crippen molar-refractivity contribution < 1.29 is 13.7 Å². The topological polar surface area (TPSA) is 64.5 Å². The summed E-state index contributed by atoms with van der Waals surface area (Å²) in [6, 6.07) is 13.6. The maximum absolute atomic E-state index is 5.41. The number of aromatic nitrogens is 2. The predicted octanol–water partition coefficient (Wildman–Crippen LogP) is 2.98. The summed E-state index contributed by atoms with van der Waals surface area (Å²) in [6.07, 6.45) is 1.67. The lowest BCUT2D eigenvalue weighted by molar-refractivity contribution is 0.126. The standard InChI is InChI=1S/C17H19N3O3/c1-21-11-9-20(12-15-8-5-10-22-15)13-16-18-17(19-23-16)14-6-3-2-4-7-14/h2-8,10H,9,11-13H2,1H3. The zero-order valence-corrected chi connectivity index (χ0v) is 13.0. The SMILES string of the molecule is COCCN(Cc1ccco1)Cc1nc(-c2ccccc2)no1. The van der Waals surface area contributed by atoms with Crippen LogP contribution >= 0.6 is 0 Å². The van der Waals surface area contributed by atoms with E-state index in [1.54, 1.807) is 13.4 Å². The molecule has 120 valence electrons. The molecular weight excluding hydrogens is 294 g/mol. The fraction of sp³-hybridized carbons (Fsp3) is 0.294. The highest BCUT2D eigenvalue weighted by Crippen LogP contribution is 2.16. The van der Waals surface area contributed by atoms with Crippen LogP contribution in [-0.4, -0.2) is 35.3 Å². The number of benzene rings is 1. The van der Waals surface area contributed by atoms with E-state index >= 15 is 0 Å². The fourth-order valence-electron chi connectivity index (χ4n) is 2.27. The molecule has 0 aliphatic heterocycles. The molecule has 0 saturated heterocycles. The number of hydrogen-bond donors (Lipinski definition) is 0. The fourth-order valence-corrected chi connectivity index (χ4v) is 2.27. The average molecular weight is 313 g/mol. The van der Waals surface area contributed by atoms with Gasteiger partial charge in [-0.3, -0.25) is 4.90 Å². The second-order valence-electron chi connectivity index (χ2n) is 5.16. The van der Waals surface area contributed by atoms with Crippen molar-refractivity contribution in [2.24, 2.45) is 0 Å². The van der Waals surface area contributed by atoms with Crippen molar-refractivity contribution in [1.29, 1.82) is 0 Å². The van der Waals surface area contributed by atoms with E-state index in [-0.39, 0.29) is 0 Å². The minimum absolute atomic E-state index is 0.546. The summed E-state index contributed by atoms with van der Waals surface area (Å²) in [7, 11) is 1.69. The zero-order chi connectivity index (χ0) is 15.9. The smallest absolute Gasteiger partial charge is 0.241 e. The molecule has 0 N–H and O–H groups in total. The van der Waals surface area contributed by atoms with Gasteiger partial charge < -0.3 is 13.7 Å². The van der Waals surface area contributed by atoms with Gasteiger partial charge in [-0.2, -0.15) is 4.98 Å². The van der Waals surface area contributed by atoms with E-state index in [0.717, 1.165) is 17.9 Å². The average Bonchev–Trinajstić information content (AvgIpc) is 3.25. The summed E-state index contributed by atoms with van der Waals surface area (Å²) in [6.45, 7) is 2.59. The van der Waals surface area contributed by atoms with Crippen LogP contribution in [0.25, 0.3) is 11.4 Å². The third-order valence-corrected chi connectivity index (χ3v) is 3.43. The van der Waals surface area contributed by atoms with Gasteiger partial charge in [-0.1, -0.05) is 35.5 Å². The molecule has 0 saturated carbocycles. The zero-order valence-electron chi connectivity index (χ0n) is 13.0. The molecule has 0 atom stereocenters. The van der Waals surface area contributed by atoms with E-state index in [1.807, 2.05) is 42.5 Å². The number of nitrogens with zero attached hydrogens (tertiary/aromatic N) is 3. The van der Waals surface area contributed by atoms with Gasteiger partial charge in [0.15, 0.2) is 0 Å². The van der Waals surface area contributed by atoms with Crippen LogP contribution in [0.2, 0.25) is 0 Å². The van der Waals surface area contributed by atoms with Gasteiger partial charge in [0.1, 0.15) is 5.76 Å². The van der Waals surface area contributed by atoms with E-state index < -0.39 is 0 Å². The number of furan rings is 1. The molecule has 23 heavy (non-hydrogen) atoms. The Balaban J connectivity index is 1.68. The Bertz CT molecular complexity index is 695. The second kappa shape index (κ2) is 7.71. The van der Waals surface area contributed by atoms with E-state index in [9.17, 15) is 0 Å². The molecule has 0 unspecified atom stereocenters. The van der Waals surface area contributed by atoms with Crippen LogP contribution < -0.4 is 0 Å². The van der Waals surface area contributed by atoms with Crippen LogP contribution in [0.15, 0.2) is 57.7 Å². The van der Waals surface area contributed by atoms with Crippen molar-refractivity contribution in [3.05, 3.63) is 60.4 Å². The Morgan fingerprint density at radius 1 is 1.09 bits per heavy atom. The maximum Gasteiger partial charge on any atom is 0.241 e. The van der Waals surface area contributed by atoms with Crippen molar-refractivity contribution in [3.8, 4) is 11.4 Å². The van der Waals surface area contributed by atoms with Gasteiger partial charge in [-0.15, -0.1) is 0 Å². The Morgan fingerprint density at radius 2 is 1.96 bits per heavy atom. The van der Waals surface area contributed by atoms with E-state index in [2.05, 4.69) is 15.0 Å². The lowest BCUT2D eigenvalue weighted by Crippen LogP contribution is -2.26.